The van der Waals surface area contributed by atoms with Crippen molar-refractivity contribution in [3.63, 3.8) is 0 Å². The fourth-order valence-corrected chi connectivity index (χ4v) is 3.29. The number of aromatic amines is 1. The van der Waals surface area contributed by atoms with Gasteiger partial charge in [0, 0.05) is 37.3 Å². The molecule has 2 aliphatic heterocycles. The summed E-state index contributed by atoms with van der Waals surface area (Å²) in [5.74, 6) is 0.823. The second-order valence-electron chi connectivity index (χ2n) is 6.59. The molecule has 1 aromatic heterocycles. The van der Waals surface area contributed by atoms with Gasteiger partial charge in [0.05, 0.1) is 0 Å². The molecule has 0 aromatic carbocycles. The second-order valence-corrected chi connectivity index (χ2v) is 6.59. The zero-order chi connectivity index (χ0) is 15.4. The van der Waals surface area contributed by atoms with Crippen LogP contribution in [-0.2, 0) is 13.0 Å². The minimum Gasteiger partial charge on any atom is -0.351 e. The smallest absolute Gasteiger partial charge is 0.272 e. The summed E-state index contributed by atoms with van der Waals surface area (Å²) in [4.78, 5) is 14.7. The van der Waals surface area contributed by atoms with Crippen molar-refractivity contribution < 1.29 is 4.79 Å². The number of rotatable bonds is 5. The molecule has 3 N–H and O–H groups in total. The van der Waals surface area contributed by atoms with Crippen LogP contribution in [0.2, 0.25) is 0 Å². The molecular weight excluding hydrogens is 278 g/mol. The molecule has 6 nitrogen and oxygen atoms in total. The van der Waals surface area contributed by atoms with Crippen molar-refractivity contribution in [1.29, 1.82) is 0 Å². The molecule has 1 fully saturated rings. The first kappa shape index (κ1) is 15.5. The van der Waals surface area contributed by atoms with E-state index in [0.29, 0.717) is 5.69 Å². The van der Waals surface area contributed by atoms with Crippen molar-refractivity contribution in [2.24, 2.45) is 5.92 Å². The number of hydrogen-bond donors (Lipinski definition) is 3. The number of nitrogens with one attached hydrogen (secondary N) is 3. The molecule has 0 radical (unpaired) electrons. The van der Waals surface area contributed by atoms with Gasteiger partial charge < -0.3 is 15.5 Å². The molecule has 1 saturated heterocycles. The summed E-state index contributed by atoms with van der Waals surface area (Å²) in [6.45, 7) is 8.22. The largest absolute Gasteiger partial charge is 0.351 e. The molecule has 0 unspecified atom stereocenters. The number of piperidine rings is 1. The molecule has 3 rings (SSSR count). The molecule has 2 aliphatic rings. The van der Waals surface area contributed by atoms with E-state index in [4.69, 9.17) is 0 Å². The average Bonchev–Trinajstić information content (AvgIpc) is 2.97. The van der Waals surface area contributed by atoms with Crippen LogP contribution in [0.3, 0.4) is 0 Å². The Morgan fingerprint density at radius 3 is 3.05 bits per heavy atom. The number of fused-ring (bicyclic) bond motifs is 1. The lowest BCUT2D eigenvalue weighted by Crippen LogP contribution is -2.35. The van der Waals surface area contributed by atoms with Gasteiger partial charge in [-0.1, -0.05) is 6.92 Å². The molecule has 0 bridgehead atoms. The van der Waals surface area contributed by atoms with Crippen LogP contribution in [-0.4, -0.2) is 53.7 Å². The van der Waals surface area contributed by atoms with E-state index in [1.807, 2.05) is 0 Å². The first-order valence-electron chi connectivity index (χ1n) is 8.51. The van der Waals surface area contributed by atoms with Gasteiger partial charge in [-0.05, 0) is 44.8 Å². The highest BCUT2D eigenvalue weighted by Gasteiger charge is 2.21. The predicted octanol–water partition coefficient (Wildman–Crippen LogP) is 0.907. The number of carbonyl (C=O) groups is 1. The Kier molecular flexibility index (Phi) is 5.10. The van der Waals surface area contributed by atoms with Gasteiger partial charge >= 0.3 is 0 Å². The normalized spacial score (nSPS) is 19.9. The zero-order valence-corrected chi connectivity index (χ0v) is 13.5. The molecule has 1 aromatic rings. The Balaban J connectivity index is 1.40. The Labute approximate surface area is 132 Å². The van der Waals surface area contributed by atoms with E-state index in [1.165, 1.54) is 25.9 Å². The van der Waals surface area contributed by atoms with E-state index in [1.54, 1.807) is 0 Å². The quantitative estimate of drug-likeness (QED) is 0.707. The molecule has 0 saturated carbocycles. The third-order valence-electron chi connectivity index (χ3n) is 4.83. The van der Waals surface area contributed by atoms with Crippen LogP contribution in [0, 0.1) is 5.92 Å². The lowest BCUT2D eigenvalue weighted by atomic mass is 9.99. The summed E-state index contributed by atoms with van der Waals surface area (Å²) in [5.41, 5.74) is 2.70. The highest BCUT2D eigenvalue weighted by atomic mass is 16.1. The van der Waals surface area contributed by atoms with Gasteiger partial charge in [0.15, 0.2) is 5.69 Å². The number of amides is 1. The molecule has 0 aliphatic carbocycles. The standard InChI is InChI=1S/C16H27N5O/c1-12-4-9-21(10-5-12)8-2-6-18-16(22)15-13-11-17-7-3-14(13)19-20-15/h12,17H,2-11H2,1H3,(H,18,22)(H,19,20). The van der Waals surface area contributed by atoms with Gasteiger partial charge in [-0.15, -0.1) is 0 Å². The maximum Gasteiger partial charge on any atom is 0.272 e. The van der Waals surface area contributed by atoms with Crippen molar-refractivity contribution in [1.82, 2.24) is 25.7 Å². The van der Waals surface area contributed by atoms with Gasteiger partial charge in [-0.25, -0.2) is 0 Å². The lowest BCUT2D eigenvalue weighted by Gasteiger charge is -2.30. The minimum absolute atomic E-state index is 0.0477. The number of H-pyrrole nitrogens is 1. The van der Waals surface area contributed by atoms with Gasteiger partial charge in [0.1, 0.15) is 0 Å². The second kappa shape index (κ2) is 7.24. The number of hydrogen-bond acceptors (Lipinski definition) is 4. The molecule has 22 heavy (non-hydrogen) atoms. The van der Waals surface area contributed by atoms with E-state index in [0.717, 1.165) is 56.2 Å². The van der Waals surface area contributed by atoms with E-state index < -0.39 is 0 Å². The van der Waals surface area contributed by atoms with Crippen LogP contribution in [0.5, 0.6) is 0 Å². The number of likely N-dealkylation sites (tertiary alicyclic amines) is 1. The lowest BCUT2D eigenvalue weighted by molar-refractivity contribution is 0.0944. The van der Waals surface area contributed by atoms with Crippen LogP contribution in [0.15, 0.2) is 0 Å². The zero-order valence-electron chi connectivity index (χ0n) is 13.5. The Morgan fingerprint density at radius 1 is 1.41 bits per heavy atom. The summed E-state index contributed by atoms with van der Waals surface area (Å²) in [6, 6.07) is 0. The fourth-order valence-electron chi connectivity index (χ4n) is 3.29. The number of carbonyl (C=O) groups excluding carboxylic acids is 1. The van der Waals surface area contributed by atoms with Crippen molar-refractivity contribution in [2.45, 2.75) is 39.2 Å². The summed E-state index contributed by atoms with van der Waals surface area (Å²) in [6.07, 6.45) is 4.53. The molecule has 3 heterocycles. The number of nitrogens with zero attached hydrogens (tertiary/aromatic N) is 2. The topological polar surface area (TPSA) is 73.0 Å². The Morgan fingerprint density at radius 2 is 2.23 bits per heavy atom. The predicted molar refractivity (Wildman–Crippen MR) is 85.8 cm³/mol. The molecule has 1 amide bonds. The van der Waals surface area contributed by atoms with Crippen LogP contribution in [0.1, 0.15) is 47.9 Å². The average molecular weight is 305 g/mol. The molecule has 0 atom stereocenters. The summed E-state index contributed by atoms with van der Waals surface area (Å²) >= 11 is 0. The maximum atomic E-state index is 12.2. The van der Waals surface area contributed by atoms with Crippen molar-refractivity contribution in [3.05, 3.63) is 17.0 Å². The molecule has 0 spiro atoms. The molecule has 122 valence electrons. The van der Waals surface area contributed by atoms with Gasteiger partial charge in [-0.3, -0.25) is 9.89 Å². The Hall–Kier alpha value is -1.40. The van der Waals surface area contributed by atoms with Crippen LogP contribution in [0.4, 0.5) is 0 Å². The first-order valence-corrected chi connectivity index (χ1v) is 8.51. The van der Waals surface area contributed by atoms with Gasteiger partial charge in [0.2, 0.25) is 0 Å². The first-order chi connectivity index (χ1) is 10.7. The Bertz CT molecular complexity index is 505. The fraction of sp³-hybridized carbons (Fsp3) is 0.750. The van der Waals surface area contributed by atoms with Crippen molar-refractivity contribution >= 4 is 5.91 Å². The third-order valence-corrected chi connectivity index (χ3v) is 4.83. The van der Waals surface area contributed by atoms with E-state index in [9.17, 15) is 4.79 Å². The highest BCUT2D eigenvalue weighted by molar-refractivity contribution is 5.94. The summed E-state index contributed by atoms with van der Waals surface area (Å²) in [7, 11) is 0. The third kappa shape index (κ3) is 3.67. The number of aromatic nitrogens is 2. The van der Waals surface area contributed by atoms with Crippen LogP contribution >= 0.6 is 0 Å². The van der Waals surface area contributed by atoms with Crippen LogP contribution in [0.25, 0.3) is 0 Å². The molecular formula is C16H27N5O. The van der Waals surface area contributed by atoms with E-state index in [-0.39, 0.29) is 5.91 Å². The van der Waals surface area contributed by atoms with Crippen LogP contribution < -0.4 is 10.6 Å². The van der Waals surface area contributed by atoms with Crippen molar-refractivity contribution in [3.8, 4) is 0 Å². The highest BCUT2D eigenvalue weighted by Crippen LogP contribution is 2.16. The van der Waals surface area contributed by atoms with E-state index in [2.05, 4.69) is 32.7 Å². The maximum absolute atomic E-state index is 12.2. The van der Waals surface area contributed by atoms with Gasteiger partial charge in [0.25, 0.3) is 5.91 Å². The van der Waals surface area contributed by atoms with Crippen molar-refractivity contribution in [2.75, 3.05) is 32.7 Å². The monoisotopic (exact) mass is 305 g/mol. The minimum atomic E-state index is -0.0477. The van der Waals surface area contributed by atoms with E-state index >= 15 is 0 Å². The summed E-state index contributed by atoms with van der Waals surface area (Å²) in [5, 5.41) is 13.5. The van der Waals surface area contributed by atoms with Gasteiger partial charge in [-0.2, -0.15) is 5.10 Å². The summed E-state index contributed by atoms with van der Waals surface area (Å²) < 4.78 is 0. The SMILES string of the molecule is CC1CCN(CCCNC(=O)c2n[nH]c3c2CNCC3)CC1. The molecule has 6 heteroatoms.